The summed E-state index contributed by atoms with van der Waals surface area (Å²) in [6, 6.07) is 6.90. The van der Waals surface area contributed by atoms with Gasteiger partial charge in [-0.1, -0.05) is 30.7 Å². The Morgan fingerprint density at radius 1 is 1.24 bits per heavy atom. The number of amides is 2. The normalized spacial score (nSPS) is 10.0. The number of nitrogens with one attached hydrogen (secondary N) is 3. The fourth-order valence-corrected chi connectivity index (χ4v) is 1.48. The third-order valence-electron chi connectivity index (χ3n) is 2.14. The van der Waals surface area contributed by atoms with Crippen LogP contribution in [0.2, 0.25) is 5.02 Å². The van der Waals surface area contributed by atoms with E-state index >= 15 is 0 Å². The van der Waals surface area contributed by atoms with E-state index in [1.807, 2.05) is 12.1 Å². The van der Waals surface area contributed by atoms with E-state index in [9.17, 15) is 4.79 Å². The average molecular weight is 256 g/mol. The number of halogens is 1. The quantitative estimate of drug-likeness (QED) is 0.684. The third kappa shape index (κ3) is 5.56. The number of anilines is 1. The lowest BCUT2D eigenvalue weighted by Gasteiger charge is -2.09. The van der Waals surface area contributed by atoms with E-state index in [0.717, 1.165) is 19.5 Å². The second-order valence-electron chi connectivity index (χ2n) is 3.61. The lowest BCUT2D eigenvalue weighted by molar-refractivity contribution is 0.252. The van der Waals surface area contributed by atoms with Gasteiger partial charge in [-0.3, -0.25) is 0 Å². The Labute approximate surface area is 107 Å². The monoisotopic (exact) mass is 255 g/mol. The minimum Gasteiger partial charge on any atom is -0.337 e. The molecular formula is C12H18ClN3O. The average Bonchev–Trinajstić information content (AvgIpc) is 2.32. The molecule has 1 aromatic rings. The molecule has 0 aliphatic heterocycles. The maximum Gasteiger partial charge on any atom is 0.319 e. The Morgan fingerprint density at radius 2 is 2.00 bits per heavy atom. The van der Waals surface area contributed by atoms with Crippen LogP contribution in [0.5, 0.6) is 0 Å². The van der Waals surface area contributed by atoms with Gasteiger partial charge < -0.3 is 16.0 Å². The molecule has 2 amide bonds. The van der Waals surface area contributed by atoms with Gasteiger partial charge in [0.25, 0.3) is 0 Å². The molecule has 3 N–H and O–H groups in total. The van der Waals surface area contributed by atoms with Gasteiger partial charge in [-0.05, 0) is 25.1 Å². The van der Waals surface area contributed by atoms with Gasteiger partial charge >= 0.3 is 6.03 Å². The van der Waals surface area contributed by atoms with Crippen LogP contribution >= 0.6 is 11.6 Å². The third-order valence-corrected chi connectivity index (χ3v) is 2.47. The first kappa shape index (κ1) is 13.8. The molecule has 1 aromatic carbocycles. The molecule has 0 spiro atoms. The van der Waals surface area contributed by atoms with Gasteiger partial charge in [-0.2, -0.15) is 0 Å². The molecule has 94 valence electrons. The fraction of sp³-hybridized carbons (Fsp3) is 0.417. The molecular weight excluding hydrogens is 238 g/mol. The van der Waals surface area contributed by atoms with Gasteiger partial charge in [0.15, 0.2) is 0 Å². The Hall–Kier alpha value is -1.26. The minimum absolute atomic E-state index is 0.239. The topological polar surface area (TPSA) is 53.2 Å². The summed E-state index contributed by atoms with van der Waals surface area (Å²) in [5.41, 5.74) is 0.619. The number of carbonyl (C=O) groups is 1. The zero-order valence-corrected chi connectivity index (χ0v) is 10.7. The molecule has 0 aliphatic rings. The molecule has 0 atom stereocenters. The van der Waals surface area contributed by atoms with E-state index in [2.05, 4.69) is 22.9 Å². The van der Waals surface area contributed by atoms with E-state index in [4.69, 9.17) is 11.6 Å². The summed E-state index contributed by atoms with van der Waals surface area (Å²) < 4.78 is 0. The van der Waals surface area contributed by atoms with Crippen molar-refractivity contribution in [2.75, 3.05) is 25.0 Å². The number of rotatable bonds is 6. The van der Waals surface area contributed by atoms with Gasteiger partial charge in [0.05, 0.1) is 10.7 Å². The summed E-state index contributed by atoms with van der Waals surface area (Å²) in [5, 5.41) is 9.17. The second kappa shape index (κ2) is 7.92. The van der Waals surface area contributed by atoms with Crippen LogP contribution in [0.25, 0.3) is 0 Å². The van der Waals surface area contributed by atoms with Crippen molar-refractivity contribution in [2.24, 2.45) is 0 Å². The van der Waals surface area contributed by atoms with Gasteiger partial charge in [0.2, 0.25) is 0 Å². The van der Waals surface area contributed by atoms with E-state index in [1.165, 1.54) is 0 Å². The smallest absolute Gasteiger partial charge is 0.319 e. The standard InChI is InChI=1S/C12H18ClN3O/c1-2-7-14-8-9-15-12(17)16-11-6-4-3-5-10(11)13/h3-6,14H,2,7-9H2,1H3,(H2,15,16,17). The molecule has 0 fully saturated rings. The maximum atomic E-state index is 11.5. The van der Waals surface area contributed by atoms with Crippen molar-refractivity contribution >= 4 is 23.3 Å². The Morgan fingerprint density at radius 3 is 2.71 bits per heavy atom. The van der Waals surface area contributed by atoms with Crippen molar-refractivity contribution in [3.8, 4) is 0 Å². The van der Waals surface area contributed by atoms with Crippen molar-refractivity contribution in [2.45, 2.75) is 13.3 Å². The lowest BCUT2D eigenvalue weighted by Crippen LogP contribution is -2.35. The van der Waals surface area contributed by atoms with Crippen molar-refractivity contribution in [3.63, 3.8) is 0 Å². The first-order valence-electron chi connectivity index (χ1n) is 5.74. The highest BCUT2D eigenvalue weighted by Crippen LogP contribution is 2.19. The van der Waals surface area contributed by atoms with Crippen LogP contribution in [0.3, 0.4) is 0 Å². The Bertz CT molecular complexity index is 357. The zero-order valence-electron chi connectivity index (χ0n) is 9.92. The van der Waals surface area contributed by atoms with Crippen LogP contribution in [0.15, 0.2) is 24.3 Å². The van der Waals surface area contributed by atoms with Crippen molar-refractivity contribution < 1.29 is 4.79 Å². The van der Waals surface area contributed by atoms with Gasteiger partial charge in [0, 0.05) is 13.1 Å². The predicted molar refractivity (Wildman–Crippen MR) is 71.6 cm³/mol. The Kier molecular flexibility index (Phi) is 6.43. The number of carbonyl (C=O) groups excluding carboxylic acids is 1. The fourth-order valence-electron chi connectivity index (χ4n) is 1.30. The maximum absolute atomic E-state index is 11.5. The molecule has 0 radical (unpaired) electrons. The lowest BCUT2D eigenvalue weighted by atomic mass is 10.3. The van der Waals surface area contributed by atoms with Crippen LogP contribution in [-0.4, -0.2) is 25.7 Å². The SMILES string of the molecule is CCCNCCNC(=O)Nc1ccccc1Cl. The molecule has 0 unspecified atom stereocenters. The Balaban J connectivity index is 2.23. The van der Waals surface area contributed by atoms with Crippen LogP contribution in [-0.2, 0) is 0 Å². The van der Waals surface area contributed by atoms with Gasteiger partial charge in [0.1, 0.15) is 0 Å². The van der Waals surface area contributed by atoms with E-state index < -0.39 is 0 Å². The predicted octanol–water partition coefficient (Wildman–Crippen LogP) is 2.46. The molecule has 17 heavy (non-hydrogen) atoms. The first-order valence-corrected chi connectivity index (χ1v) is 6.12. The molecule has 0 aromatic heterocycles. The largest absolute Gasteiger partial charge is 0.337 e. The van der Waals surface area contributed by atoms with Gasteiger partial charge in [-0.15, -0.1) is 0 Å². The minimum atomic E-state index is -0.239. The van der Waals surface area contributed by atoms with Crippen LogP contribution < -0.4 is 16.0 Å². The summed E-state index contributed by atoms with van der Waals surface area (Å²) in [6.07, 6.45) is 1.09. The molecule has 0 heterocycles. The molecule has 0 bridgehead atoms. The van der Waals surface area contributed by atoms with E-state index in [1.54, 1.807) is 12.1 Å². The highest BCUT2D eigenvalue weighted by Gasteiger charge is 2.03. The number of urea groups is 1. The first-order chi connectivity index (χ1) is 8.24. The van der Waals surface area contributed by atoms with Gasteiger partial charge in [-0.25, -0.2) is 4.79 Å². The summed E-state index contributed by atoms with van der Waals surface area (Å²) in [6.45, 7) is 4.43. The molecule has 5 heteroatoms. The summed E-state index contributed by atoms with van der Waals surface area (Å²) >= 11 is 5.92. The number of hydrogen-bond donors (Lipinski definition) is 3. The molecule has 0 saturated heterocycles. The summed E-state index contributed by atoms with van der Waals surface area (Å²) in [7, 11) is 0. The molecule has 0 aliphatic carbocycles. The molecule has 4 nitrogen and oxygen atoms in total. The summed E-state index contributed by atoms with van der Waals surface area (Å²) in [4.78, 5) is 11.5. The van der Waals surface area contributed by atoms with E-state index in [0.29, 0.717) is 17.3 Å². The van der Waals surface area contributed by atoms with Crippen LogP contribution in [0.1, 0.15) is 13.3 Å². The highest BCUT2D eigenvalue weighted by atomic mass is 35.5. The summed E-state index contributed by atoms with van der Waals surface area (Å²) in [5.74, 6) is 0. The van der Waals surface area contributed by atoms with Crippen molar-refractivity contribution in [3.05, 3.63) is 29.3 Å². The van der Waals surface area contributed by atoms with Crippen LogP contribution in [0.4, 0.5) is 10.5 Å². The molecule has 0 saturated carbocycles. The molecule has 1 rings (SSSR count). The number of para-hydroxylation sites is 1. The number of hydrogen-bond acceptors (Lipinski definition) is 2. The number of benzene rings is 1. The zero-order chi connectivity index (χ0) is 12.5. The van der Waals surface area contributed by atoms with Crippen LogP contribution in [0, 0.1) is 0 Å². The second-order valence-corrected chi connectivity index (χ2v) is 4.02. The van der Waals surface area contributed by atoms with Crippen molar-refractivity contribution in [1.29, 1.82) is 0 Å². The van der Waals surface area contributed by atoms with E-state index in [-0.39, 0.29) is 6.03 Å². The van der Waals surface area contributed by atoms with Crippen molar-refractivity contribution in [1.82, 2.24) is 10.6 Å². The highest BCUT2D eigenvalue weighted by molar-refractivity contribution is 6.33.